The van der Waals surface area contributed by atoms with E-state index in [1.54, 1.807) is 0 Å². The van der Waals surface area contributed by atoms with E-state index in [2.05, 4.69) is 32.1 Å². The fraction of sp³-hybridized carbons (Fsp3) is 0.333. The van der Waals surface area contributed by atoms with Gasteiger partial charge >= 0.3 is 0 Å². The molecule has 0 bridgehead atoms. The number of anilines is 1. The molecule has 1 saturated heterocycles. The van der Waals surface area contributed by atoms with E-state index in [0.717, 1.165) is 35.9 Å². The van der Waals surface area contributed by atoms with Gasteiger partial charge in [-0.05, 0) is 42.5 Å². The van der Waals surface area contributed by atoms with Crippen molar-refractivity contribution in [1.82, 2.24) is 20.3 Å². The summed E-state index contributed by atoms with van der Waals surface area (Å²) in [5, 5.41) is 2.89. The van der Waals surface area contributed by atoms with Crippen LogP contribution < -0.4 is 10.2 Å². The third-order valence-electron chi connectivity index (χ3n) is 5.05. The van der Waals surface area contributed by atoms with E-state index in [1.165, 1.54) is 19.0 Å². The predicted molar refractivity (Wildman–Crippen MR) is 106 cm³/mol. The standard InChI is InChI=1S/C21H23N5O/c1-15-8-10-26(11-9-15)20-7-6-16(12-23-20)13-24-21(27)19-14-22-17-4-2-3-5-18(17)25-19/h2-7,12,14-15H,8-11,13H2,1H3,(H,24,27). The molecular weight excluding hydrogens is 338 g/mol. The Hall–Kier alpha value is -3.02. The van der Waals surface area contributed by atoms with Crippen LogP contribution in [0, 0.1) is 5.92 Å². The van der Waals surface area contributed by atoms with Gasteiger partial charge in [-0.3, -0.25) is 9.78 Å². The molecule has 0 radical (unpaired) electrons. The van der Waals surface area contributed by atoms with Crippen molar-refractivity contribution in [3.8, 4) is 0 Å². The molecule has 0 atom stereocenters. The van der Waals surface area contributed by atoms with Crippen LogP contribution in [0.4, 0.5) is 5.82 Å². The normalized spacial score (nSPS) is 15.1. The zero-order valence-corrected chi connectivity index (χ0v) is 15.4. The number of pyridine rings is 1. The zero-order chi connectivity index (χ0) is 18.6. The van der Waals surface area contributed by atoms with Crippen molar-refractivity contribution in [2.24, 2.45) is 5.92 Å². The highest BCUT2D eigenvalue weighted by atomic mass is 16.1. The Labute approximate surface area is 158 Å². The van der Waals surface area contributed by atoms with Gasteiger partial charge in [-0.15, -0.1) is 0 Å². The van der Waals surface area contributed by atoms with Crippen molar-refractivity contribution in [2.75, 3.05) is 18.0 Å². The summed E-state index contributed by atoms with van der Waals surface area (Å²) in [5.41, 5.74) is 2.78. The summed E-state index contributed by atoms with van der Waals surface area (Å²) >= 11 is 0. The summed E-state index contributed by atoms with van der Waals surface area (Å²) in [4.78, 5) is 27.9. The monoisotopic (exact) mass is 361 g/mol. The summed E-state index contributed by atoms with van der Waals surface area (Å²) in [6.45, 7) is 4.84. The molecule has 1 fully saturated rings. The van der Waals surface area contributed by atoms with Gasteiger partial charge in [-0.2, -0.15) is 0 Å². The number of hydrogen-bond donors (Lipinski definition) is 1. The molecule has 0 aliphatic carbocycles. The number of hydrogen-bond acceptors (Lipinski definition) is 5. The molecule has 6 nitrogen and oxygen atoms in total. The van der Waals surface area contributed by atoms with Crippen LogP contribution in [-0.4, -0.2) is 33.9 Å². The SMILES string of the molecule is CC1CCN(c2ccc(CNC(=O)c3cnc4ccccc4n3)cn2)CC1. The van der Waals surface area contributed by atoms with E-state index in [0.29, 0.717) is 17.8 Å². The summed E-state index contributed by atoms with van der Waals surface area (Å²) in [6.07, 6.45) is 5.77. The van der Waals surface area contributed by atoms with Crippen LogP contribution in [0.2, 0.25) is 0 Å². The fourth-order valence-corrected chi connectivity index (χ4v) is 3.29. The van der Waals surface area contributed by atoms with Gasteiger partial charge in [0.15, 0.2) is 0 Å². The highest BCUT2D eigenvalue weighted by Gasteiger charge is 2.16. The molecule has 0 unspecified atom stereocenters. The van der Waals surface area contributed by atoms with E-state index < -0.39 is 0 Å². The lowest BCUT2D eigenvalue weighted by Gasteiger charge is -2.31. The van der Waals surface area contributed by atoms with E-state index in [9.17, 15) is 4.79 Å². The first-order valence-electron chi connectivity index (χ1n) is 9.39. The zero-order valence-electron chi connectivity index (χ0n) is 15.4. The molecule has 1 aromatic carbocycles. The van der Waals surface area contributed by atoms with E-state index in [-0.39, 0.29) is 5.91 Å². The van der Waals surface area contributed by atoms with Gasteiger partial charge in [0.1, 0.15) is 11.5 Å². The number of piperidine rings is 1. The molecular formula is C21H23N5O. The Morgan fingerprint density at radius 2 is 1.85 bits per heavy atom. The topological polar surface area (TPSA) is 71.0 Å². The van der Waals surface area contributed by atoms with Gasteiger partial charge in [0.2, 0.25) is 0 Å². The number of fused-ring (bicyclic) bond motifs is 1. The van der Waals surface area contributed by atoms with Crippen LogP contribution in [0.25, 0.3) is 11.0 Å². The molecule has 0 spiro atoms. The first kappa shape index (κ1) is 17.4. The van der Waals surface area contributed by atoms with Crippen LogP contribution in [-0.2, 0) is 6.54 Å². The lowest BCUT2D eigenvalue weighted by atomic mass is 9.99. The number of aromatic nitrogens is 3. The van der Waals surface area contributed by atoms with Crippen molar-refractivity contribution in [3.05, 3.63) is 60.0 Å². The van der Waals surface area contributed by atoms with Gasteiger partial charge < -0.3 is 10.2 Å². The molecule has 1 aliphatic rings. The first-order valence-corrected chi connectivity index (χ1v) is 9.39. The number of amides is 1. The molecule has 1 N–H and O–H groups in total. The number of carbonyl (C=O) groups excluding carboxylic acids is 1. The third-order valence-corrected chi connectivity index (χ3v) is 5.05. The quantitative estimate of drug-likeness (QED) is 0.773. The van der Waals surface area contributed by atoms with Crippen molar-refractivity contribution in [2.45, 2.75) is 26.3 Å². The van der Waals surface area contributed by atoms with Gasteiger partial charge in [0.25, 0.3) is 5.91 Å². The molecule has 1 aliphatic heterocycles. The average Bonchev–Trinajstić information content (AvgIpc) is 2.72. The molecule has 2 aromatic heterocycles. The molecule has 0 saturated carbocycles. The van der Waals surface area contributed by atoms with Crippen molar-refractivity contribution in [3.63, 3.8) is 0 Å². The van der Waals surface area contributed by atoms with E-state index >= 15 is 0 Å². The molecule has 6 heteroatoms. The van der Waals surface area contributed by atoms with Gasteiger partial charge in [-0.25, -0.2) is 9.97 Å². The van der Waals surface area contributed by atoms with E-state index in [4.69, 9.17) is 0 Å². The Morgan fingerprint density at radius 1 is 1.07 bits per heavy atom. The minimum atomic E-state index is -0.234. The van der Waals surface area contributed by atoms with Crippen molar-refractivity contribution < 1.29 is 4.79 Å². The molecule has 27 heavy (non-hydrogen) atoms. The molecule has 138 valence electrons. The van der Waals surface area contributed by atoms with Gasteiger partial charge in [0.05, 0.1) is 17.2 Å². The number of benzene rings is 1. The fourth-order valence-electron chi connectivity index (χ4n) is 3.29. The van der Waals surface area contributed by atoms with Crippen molar-refractivity contribution >= 4 is 22.8 Å². The summed E-state index contributed by atoms with van der Waals surface area (Å²) in [5.74, 6) is 1.58. The summed E-state index contributed by atoms with van der Waals surface area (Å²) in [7, 11) is 0. The molecule has 3 heterocycles. The Morgan fingerprint density at radius 3 is 2.59 bits per heavy atom. The molecule has 1 amide bonds. The minimum Gasteiger partial charge on any atom is -0.357 e. The van der Waals surface area contributed by atoms with Crippen molar-refractivity contribution in [1.29, 1.82) is 0 Å². The predicted octanol–water partition coefficient (Wildman–Crippen LogP) is 3.19. The second-order valence-corrected chi connectivity index (χ2v) is 7.12. The first-order chi connectivity index (χ1) is 13.2. The number of para-hydroxylation sites is 2. The maximum atomic E-state index is 12.4. The van der Waals surface area contributed by atoms with Crippen LogP contribution in [0.1, 0.15) is 35.8 Å². The molecule has 3 aromatic rings. The second kappa shape index (κ2) is 7.70. The lowest BCUT2D eigenvalue weighted by Crippen LogP contribution is -2.33. The van der Waals surface area contributed by atoms with E-state index in [1.807, 2.05) is 42.6 Å². The maximum absolute atomic E-state index is 12.4. The lowest BCUT2D eigenvalue weighted by molar-refractivity contribution is 0.0946. The smallest absolute Gasteiger partial charge is 0.271 e. The Kier molecular flexibility index (Phi) is 4.96. The highest BCUT2D eigenvalue weighted by molar-refractivity contribution is 5.93. The van der Waals surface area contributed by atoms with Crippen LogP contribution in [0.15, 0.2) is 48.8 Å². The third kappa shape index (κ3) is 4.05. The van der Waals surface area contributed by atoms with Gasteiger partial charge in [-0.1, -0.05) is 25.1 Å². The molecule has 4 rings (SSSR count). The van der Waals surface area contributed by atoms with Crippen LogP contribution in [0.3, 0.4) is 0 Å². The summed E-state index contributed by atoms with van der Waals surface area (Å²) in [6, 6.07) is 11.6. The maximum Gasteiger partial charge on any atom is 0.271 e. The number of nitrogens with one attached hydrogen (secondary N) is 1. The minimum absolute atomic E-state index is 0.234. The Bertz CT molecular complexity index is 933. The number of rotatable bonds is 4. The van der Waals surface area contributed by atoms with Crippen LogP contribution in [0.5, 0.6) is 0 Å². The average molecular weight is 361 g/mol. The van der Waals surface area contributed by atoms with Gasteiger partial charge in [0, 0.05) is 25.8 Å². The number of carbonyl (C=O) groups is 1. The largest absolute Gasteiger partial charge is 0.357 e. The highest BCUT2D eigenvalue weighted by Crippen LogP contribution is 2.21. The Balaban J connectivity index is 1.37. The summed E-state index contributed by atoms with van der Waals surface area (Å²) < 4.78 is 0. The second-order valence-electron chi connectivity index (χ2n) is 7.12. The number of nitrogens with zero attached hydrogens (tertiary/aromatic N) is 4. The van der Waals surface area contributed by atoms with Crippen LogP contribution >= 0.6 is 0 Å².